The first-order valence-electron chi connectivity index (χ1n) is 12.5. The molecular formula is C30H33N3O6. The first kappa shape index (κ1) is 27.3. The number of hydrogen-bond acceptors (Lipinski definition) is 5. The molecule has 1 atom stereocenters. The van der Waals surface area contributed by atoms with Crippen molar-refractivity contribution in [2.24, 2.45) is 0 Å². The zero-order valence-corrected chi connectivity index (χ0v) is 21.8. The van der Waals surface area contributed by atoms with Crippen molar-refractivity contribution in [3.05, 3.63) is 95.7 Å². The van der Waals surface area contributed by atoms with E-state index in [9.17, 15) is 14.4 Å². The molecule has 4 rings (SSSR count). The van der Waals surface area contributed by atoms with Crippen molar-refractivity contribution in [2.45, 2.75) is 25.9 Å². The van der Waals surface area contributed by atoms with E-state index in [0.29, 0.717) is 24.5 Å². The van der Waals surface area contributed by atoms with E-state index in [0.717, 1.165) is 22.0 Å². The maximum absolute atomic E-state index is 12.9. The van der Waals surface area contributed by atoms with Gasteiger partial charge in [0.1, 0.15) is 11.5 Å². The van der Waals surface area contributed by atoms with Crippen molar-refractivity contribution in [2.75, 3.05) is 20.3 Å². The highest BCUT2D eigenvalue weighted by Crippen LogP contribution is 2.22. The minimum absolute atomic E-state index is 0. The number of fused-ring (bicyclic) bond motifs is 1. The van der Waals surface area contributed by atoms with Crippen LogP contribution in [0.2, 0.25) is 0 Å². The molecule has 0 aliphatic carbocycles. The molecule has 2 amide bonds. The van der Waals surface area contributed by atoms with Gasteiger partial charge in [-0.1, -0.05) is 36.4 Å². The lowest BCUT2D eigenvalue weighted by Crippen LogP contribution is -2.47. The van der Waals surface area contributed by atoms with Gasteiger partial charge in [-0.2, -0.15) is 0 Å². The zero-order valence-electron chi connectivity index (χ0n) is 21.8. The van der Waals surface area contributed by atoms with Gasteiger partial charge < -0.3 is 29.8 Å². The smallest absolute Gasteiger partial charge is 0.335 e. The summed E-state index contributed by atoms with van der Waals surface area (Å²) in [6.07, 6.45) is 2.40. The molecule has 204 valence electrons. The predicted molar refractivity (Wildman–Crippen MR) is 149 cm³/mol. The van der Waals surface area contributed by atoms with Gasteiger partial charge >= 0.3 is 5.97 Å². The number of rotatable bonds is 12. The standard InChI is InChI=1S/C30H31N3O6.H2/c1-20(34)33(17-22-7-3-6-10-28(22)38-2)18-24(15-23-16-31-27-9-5-4-8-26(23)27)32-29(35)19-39-25-13-11-21(12-14-25)30(36)37;/h3-14,16,24,31H,15,17-19H2,1-2H3,(H,32,35)(H,36,37);1H. The highest BCUT2D eigenvalue weighted by molar-refractivity contribution is 5.87. The molecule has 1 aromatic heterocycles. The molecule has 0 aliphatic rings. The quantitative estimate of drug-likeness (QED) is 0.251. The average molecular weight is 532 g/mol. The van der Waals surface area contributed by atoms with Crippen LogP contribution in [-0.4, -0.2) is 59.1 Å². The lowest BCUT2D eigenvalue weighted by molar-refractivity contribution is -0.131. The van der Waals surface area contributed by atoms with Gasteiger partial charge in [0.2, 0.25) is 5.91 Å². The van der Waals surface area contributed by atoms with Crippen LogP contribution in [0.3, 0.4) is 0 Å². The average Bonchev–Trinajstić information content (AvgIpc) is 3.34. The number of aromatic carboxylic acids is 1. The Labute approximate surface area is 227 Å². The van der Waals surface area contributed by atoms with Crippen LogP contribution in [0.4, 0.5) is 0 Å². The first-order valence-corrected chi connectivity index (χ1v) is 12.5. The fraction of sp³-hybridized carbons (Fsp3) is 0.233. The second kappa shape index (κ2) is 12.6. The number of aromatic amines is 1. The number of amides is 2. The number of benzene rings is 3. The molecule has 9 nitrogen and oxygen atoms in total. The van der Waals surface area contributed by atoms with Gasteiger partial charge in [0.25, 0.3) is 5.91 Å². The van der Waals surface area contributed by atoms with Crippen molar-refractivity contribution < 1.29 is 30.4 Å². The number of carbonyl (C=O) groups is 3. The lowest BCUT2D eigenvalue weighted by Gasteiger charge is -2.28. The number of aromatic nitrogens is 1. The minimum atomic E-state index is -1.04. The number of carbonyl (C=O) groups excluding carboxylic acids is 2. The summed E-state index contributed by atoms with van der Waals surface area (Å²) in [6.45, 7) is 1.84. The van der Waals surface area contributed by atoms with Crippen LogP contribution in [0.25, 0.3) is 10.9 Å². The molecule has 4 aromatic rings. The van der Waals surface area contributed by atoms with Crippen molar-refractivity contribution in [1.82, 2.24) is 15.2 Å². The molecular weight excluding hydrogens is 498 g/mol. The third-order valence-electron chi connectivity index (χ3n) is 6.42. The van der Waals surface area contributed by atoms with Crippen LogP contribution in [0, 0.1) is 0 Å². The maximum Gasteiger partial charge on any atom is 0.335 e. The van der Waals surface area contributed by atoms with Crippen LogP contribution in [0.5, 0.6) is 11.5 Å². The second-order valence-electron chi connectivity index (χ2n) is 9.16. The van der Waals surface area contributed by atoms with Crippen LogP contribution in [0.15, 0.2) is 79.0 Å². The van der Waals surface area contributed by atoms with Gasteiger partial charge in [-0.15, -0.1) is 0 Å². The van der Waals surface area contributed by atoms with Gasteiger partial charge in [0, 0.05) is 44.1 Å². The minimum Gasteiger partial charge on any atom is -0.496 e. The van der Waals surface area contributed by atoms with E-state index in [1.165, 1.54) is 31.2 Å². The summed E-state index contributed by atoms with van der Waals surface area (Å²) < 4.78 is 11.0. The summed E-state index contributed by atoms with van der Waals surface area (Å²) in [6, 6.07) is 20.9. The third-order valence-corrected chi connectivity index (χ3v) is 6.42. The number of nitrogens with one attached hydrogen (secondary N) is 2. The molecule has 0 aliphatic heterocycles. The number of hydrogen-bond donors (Lipinski definition) is 3. The van der Waals surface area contributed by atoms with E-state index in [1.54, 1.807) is 12.0 Å². The monoisotopic (exact) mass is 531 g/mol. The number of para-hydroxylation sites is 2. The van der Waals surface area contributed by atoms with Crippen LogP contribution >= 0.6 is 0 Å². The van der Waals surface area contributed by atoms with E-state index < -0.39 is 12.0 Å². The van der Waals surface area contributed by atoms with E-state index >= 15 is 0 Å². The number of ether oxygens (including phenoxy) is 2. The lowest BCUT2D eigenvalue weighted by atomic mass is 10.0. The summed E-state index contributed by atoms with van der Waals surface area (Å²) in [7, 11) is 1.59. The first-order chi connectivity index (χ1) is 18.8. The summed E-state index contributed by atoms with van der Waals surface area (Å²) >= 11 is 0. The van der Waals surface area contributed by atoms with Gasteiger partial charge in [-0.05, 0) is 48.4 Å². The van der Waals surface area contributed by atoms with Gasteiger partial charge in [-0.3, -0.25) is 9.59 Å². The zero-order chi connectivity index (χ0) is 27.8. The fourth-order valence-corrected chi connectivity index (χ4v) is 4.45. The maximum atomic E-state index is 12.9. The molecule has 3 N–H and O–H groups in total. The highest BCUT2D eigenvalue weighted by Gasteiger charge is 2.22. The van der Waals surface area contributed by atoms with Gasteiger partial charge in [-0.25, -0.2) is 4.79 Å². The Morgan fingerprint density at radius 1 is 1.00 bits per heavy atom. The Balaban J connectivity index is 0.00000441. The number of methoxy groups -OCH3 is 1. The molecule has 9 heteroatoms. The van der Waals surface area contributed by atoms with E-state index in [-0.39, 0.29) is 32.0 Å². The molecule has 0 fully saturated rings. The SMILES string of the molecule is COc1ccccc1CN(CC(Cc1c[nH]c2ccccc12)NC(=O)COc1ccc(C(=O)O)cc1)C(C)=O.[HH]. The van der Waals surface area contributed by atoms with Crippen molar-refractivity contribution in [1.29, 1.82) is 0 Å². The van der Waals surface area contributed by atoms with Crippen molar-refractivity contribution in [3.8, 4) is 11.5 Å². The fourth-order valence-electron chi connectivity index (χ4n) is 4.45. The van der Waals surface area contributed by atoms with Crippen LogP contribution in [0.1, 0.15) is 29.8 Å². The van der Waals surface area contributed by atoms with Crippen molar-refractivity contribution in [3.63, 3.8) is 0 Å². The molecule has 0 saturated carbocycles. The topological polar surface area (TPSA) is 121 Å². The molecule has 1 unspecified atom stereocenters. The summed E-state index contributed by atoms with van der Waals surface area (Å²) in [4.78, 5) is 41.6. The third kappa shape index (κ3) is 7.16. The Kier molecular flexibility index (Phi) is 8.83. The van der Waals surface area contributed by atoms with Crippen LogP contribution < -0.4 is 14.8 Å². The Morgan fingerprint density at radius 3 is 2.44 bits per heavy atom. The molecule has 0 radical (unpaired) electrons. The number of H-pyrrole nitrogens is 1. The second-order valence-corrected chi connectivity index (χ2v) is 9.16. The van der Waals surface area contributed by atoms with Crippen molar-refractivity contribution >= 4 is 28.7 Å². The van der Waals surface area contributed by atoms with E-state index in [4.69, 9.17) is 14.6 Å². The number of nitrogens with zero attached hydrogens (tertiary/aromatic N) is 1. The predicted octanol–water partition coefficient (Wildman–Crippen LogP) is 4.28. The molecule has 0 spiro atoms. The number of carboxylic acid groups (broad SMARTS) is 1. The van der Waals surface area contributed by atoms with Gasteiger partial charge in [0.05, 0.1) is 18.7 Å². The van der Waals surface area contributed by atoms with Crippen LogP contribution in [-0.2, 0) is 22.6 Å². The molecule has 0 bridgehead atoms. The molecule has 1 heterocycles. The summed E-state index contributed by atoms with van der Waals surface area (Å²) in [5.41, 5.74) is 3.00. The normalized spacial score (nSPS) is 11.5. The Morgan fingerprint density at radius 2 is 1.72 bits per heavy atom. The molecule has 0 saturated heterocycles. The van der Waals surface area contributed by atoms with Gasteiger partial charge in [0.15, 0.2) is 6.61 Å². The highest BCUT2D eigenvalue weighted by atomic mass is 16.5. The Bertz CT molecular complexity index is 1450. The molecule has 3 aromatic carbocycles. The summed E-state index contributed by atoms with van der Waals surface area (Å²) in [5, 5.41) is 13.1. The van der Waals surface area contributed by atoms with E-state index in [1.807, 2.05) is 54.7 Å². The molecule has 39 heavy (non-hydrogen) atoms. The Hall–Kier alpha value is -4.79. The number of carboxylic acids is 1. The summed E-state index contributed by atoms with van der Waals surface area (Å²) in [5.74, 6) is -0.465. The largest absolute Gasteiger partial charge is 0.496 e. The van der Waals surface area contributed by atoms with E-state index in [2.05, 4.69) is 10.3 Å².